The molecule has 0 unspecified atom stereocenters. The van der Waals surface area contributed by atoms with E-state index in [1.54, 1.807) is 0 Å². The SMILES string of the molecule is Cc1ccc(-c2ccc3cc4c(cc3c2)sc2c3cc5ccc(-c6ccc(C)cc6)cc5cc3sc42)cc1. The predicted octanol–water partition coefficient (Wildman–Crippen LogP) is 11.5. The maximum atomic E-state index is 2.40. The predicted molar refractivity (Wildman–Crippen MR) is 170 cm³/mol. The van der Waals surface area contributed by atoms with Gasteiger partial charge in [0.05, 0.1) is 9.40 Å². The summed E-state index contributed by atoms with van der Waals surface area (Å²) in [5, 5.41) is 7.99. The highest BCUT2D eigenvalue weighted by molar-refractivity contribution is 7.36. The molecule has 0 amide bonds. The van der Waals surface area contributed by atoms with Crippen molar-refractivity contribution in [2.45, 2.75) is 13.8 Å². The van der Waals surface area contributed by atoms with Gasteiger partial charge in [-0.3, -0.25) is 0 Å². The van der Waals surface area contributed by atoms with Crippen LogP contribution in [0.2, 0.25) is 0 Å². The number of fused-ring (bicyclic) bond motifs is 7. The zero-order valence-corrected chi connectivity index (χ0v) is 22.8. The molecule has 6 aromatic carbocycles. The molecule has 2 heteroatoms. The van der Waals surface area contributed by atoms with Crippen molar-refractivity contribution in [2.24, 2.45) is 0 Å². The van der Waals surface area contributed by atoms with Crippen molar-refractivity contribution in [3.63, 3.8) is 0 Å². The molecule has 0 saturated heterocycles. The molecule has 8 aromatic rings. The van der Waals surface area contributed by atoms with Crippen molar-refractivity contribution in [3.05, 3.63) is 120 Å². The summed E-state index contributed by atoms with van der Waals surface area (Å²) in [6.45, 7) is 4.27. The van der Waals surface area contributed by atoms with Gasteiger partial charge in [-0.1, -0.05) is 83.9 Å². The first-order valence-corrected chi connectivity index (χ1v) is 14.6. The summed E-state index contributed by atoms with van der Waals surface area (Å²) in [6.07, 6.45) is 0. The minimum Gasteiger partial charge on any atom is -0.134 e. The lowest BCUT2D eigenvalue weighted by atomic mass is 9.99. The molecule has 0 fully saturated rings. The zero-order valence-electron chi connectivity index (χ0n) is 21.2. The van der Waals surface area contributed by atoms with E-state index < -0.39 is 0 Å². The molecule has 0 spiro atoms. The number of rotatable bonds is 2. The zero-order chi connectivity index (χ0) is 25.4. The van der Waals surface area contributed by atoms with E-state index in [1.807, 2.05) is 22.7 Å². The monoisotopic (exact) mass is 520 g/mol. The van der Waals surface area contributed by atoms with E-state index >= 15 is 0 Å². The molecule has 0 saturated carbocycles. The summed E-state index contributed by atoms with van der Waals surface area (Å²) in [5.41, 5.74) is 7.68. The molecule has 0 atom stereocenters. The largest absolute Gasteiger partial charge is 0.134 e. The Morgan fingerprint density at radius 3 is 1.18 bits per heavy atom. The summed E-state index contributed by atoms with van der Waals surface area (Å²) < 4.78 is 5.57. The van der Waals surface area contributed by atoms with E-state index in [9.17, 15) is 0 Å². The summed E-state index contributed by atoms with van der Waals surface area (Å²) in [4.78, 5) is 0. The van der Waals surface area contributed by atoms with Gasteiger partial charge >= 0.3 is 0 Å². The number of hydrogen-bond acceptors (Lipinski definition) is 2. The molecule has 0 radical (unpaired) electrons. The topological polar surface area (TPSA) is 0 Å². The molecular weight excluding hydrogens is 497 g/mol. The van der Waals surface area contributed by atoms with E-state index in [0.717, 1.165) is 0 Å². The Hall–Kier alpha value is -3.98. The molecule has 0 aliphatic carbocycles. The van der Waals surface area contributed by atoms with Crippen LogP contribution in [-0.4, -0.2) is 0 Å². The highest BCUT2D eigenvalue weighted by Crippen LogP contribution is 2.46. The van der Waals surface area contributed by atoms with E-state index in [2.05, 4.69) is 123 Å². The average molecular weight is 521 g/mol. The normalized spacial score (nSPS) is 11.9. The maximum absolute atomic E-state index is 2.40. The molecule has 180 valence electrons. The fourth-order valence-corrected chi connectivity index (χ4v) is 8.29. The van der Waals surface area contributed by atoms with E-state index in [0.29, 0.717) is 0 Å². The van der Waals surface area contributed by atoms with Crippen LogP contribution in [0.25, 0.3) is 73.4 Å². The highest BCUT2D eigenvalue weighted by Gasteiger charge is 2.14. The van der Waals surface area contributed by atoms with Crippen molar-refractivity contribution < 1.29 is 0 Å². The third-order valence-electron chi connectivity index (χ3n) is 7.77. The maximum Gasteiger partial charge on any atom is 0.0542 e. The third kappa shape index (κ3) is 3.49. The van der Waals surface area contributed by atoms with Gasteiger partial charge in [0.25, 0.3) is 0 Å². The molecule has 0 N–H and O–H groups in total. The Kier molecular flexibility index (Phi) is 4.79. The standard InChI is InChI=1S/C36H24S2/c1-21-3-7-23(8-4-21)25-11-13-27-17-31-33(19-29(27)15-25)37-36-32-18-28-14-12-26(24-9-5-22(2)6-10-24)16-30(28)20-34(32)38-35(31)36/h3-20H,1-2H3. The summed E-state index contributed by atoms with van der Waals surface area (Å²) in [7, 11) is 0. The molecule has 2 aromatic heterocycles. The third-order valence-corrected chi connectivity index (χ3v) is 10.3. The van der Waals surface area contributed by atoms with Crippen LogP contribution in [0.5, 0.6) is 0 Å². The Morgan fingerprint density at radius 2 is 0.763 bits per heavy atom. The Bertz CT molecular complexity index is 2010. The van der Waals surface area contributed by atoms with Crippen molar-refractivity contribution in [3.8, 4) is 22.3 Å². The van der Waals surface area contributed by atoms with Gasteiger partial charge in [-0.05, 0) is 94.0 Å². The lowest BCUT2D eigenvalue weighted by Gasteiger charge is -2.06. The number of benzene rings is 6. The Balaban J connectivity index is 1.27. The van der Waals surface area contributed by atoms with Crippen LogP contribution in [0.3, 0.4) is 0 Å². The van der Waals surface area contributed by atoms with Crippen LogP contribution in [0.1, 0.15) is 11.1 Å². The molecular formula is C36H24S2. The summed E-state index contributed by atoms with van der Waals surface area (Å²) in [5.74, 6) is 0. The first kappa shape index (κ1) is 22.0. The lowest BCUT2D eigenvalue weighted by molar-refractivity contribution is 1.47. The van der Waals surface area contributed by atoms with Gasteiger partial charge in [-0.2, -0.15) is 0 Å². The molecule has 0 nitrogen and oxygen atoms in total. The van der Waals surface area contributed by atoms with Gasteiger partial charge in [-0.25, -0.2) is 0 Å². The summed E-state index contributed by atoms with van der Waals surface area (Å²) in [6, 6.07) is 40.9. The van der Waals surface area contributed by atoms with Crippen LogP contribution in [0, 0.1) is 13.8 Å². The summed E-state index contributed by atoms with van der Waals surface area (Å²) >= 11 is 3.87. The van der Waals surface area contributed by atoms with Gasteiger partial charge in [0.15, 0.2) is 0 Å². The minimum absolute atomic E-state index is 1.27. The van der Waals surface area contributed by atoms with Crippen molar-refractivity contribution in [1.29, 1.82) is 0 Å². The smallest absolute Gasteiger partial charge is 0.0542 e. The second-order valence-corrected chi connectivity index (χ2v) is 12.5. The van der Waals surface area contributed by atoms with Crippen molar-refractivity contribution >= 4 is 73.8 Å². The first-order valence-electron chi connectivity index (χ1n) is 13.0. The van der Waals surface area contributed by atoms with E-state index in [1.165, 1.54) is 84.5 Å². The fraction of sp³-hybridized carbons (Fsp3) is 0.0556. The van der Waals surface area contributed by atoms with E-state index in [4.69, 9.17) is 0 Å². The Labute approximate surface area is 229 Å². The van der Waals surface area contributed by atoms with Gasteiger partial charge in [0.2, 0.25) is 0 Å². The van der Waals surface area contributed by atoms with Crippen LogP contribution >= 0.6 is 22.7 Å². The van der Waals surface area contributed by atoms with Gasteiger partial charge < -0.3 is 0 Å². The molecule has 8 rings (SSSR count). The second kappa shape index (κ2) is 8.26. The van der Waals surface area contributed by atoms with Gasteiger partial charge in [0.1, 0.15) is 0 Å². The molecule has 2 heterocycles. The second-order valence-electron chi connectivity index (χ2n) is 10.4. The highest BCUT2D eigenvalue weighted by atomic mass is 32.1. The number of aryl methyl sites for hydroxylation is 2. The Morgan fingerprint density at radius 1 is 0.368 bits per heavy atom. The first-order chi connectivity index (χ1) is 18.6. The molecule has 38 heavy (non-hydrogen) atoms. The quantitative estimate of drug-likeness (QED) is 0.213. The fourth-order valence-electron chi connectivity index (χ4n) is 5.60. The van der Waals surface area contributed by atoms with Crippen LogP contribution < -0.4 is 0 Å². The average Bonchev–Trinajstić information content (AvgIpc) is 3.46. The van der Waals surface area contributed by atoms with Crippen LogP contribution in [0.15, 0.2) is 109 Å². The number of thiophene rings is 2. The van der Waals surface area contributed by atoms with Crippen molar-refractivity contribution in [1.82, 2.24) is 0 Å². The van der Waals surface area contributed by atoms with Gasteiger partial charge in [-0.15, -0.1) is 22.7 Å². The van der Waals surface area contributed by atoms with Crippen LogP contribution in [-0.2, 0) is 0 Å². The number of hydrogen-bond donors (Lipinski definition) is 0. The molecule has 0 bridgehead atoms. The van der Waals surface area contributed by atoms with E-state index in [-0.39, 0.29) is 0 Å². The van der Waals surface area contributed by atoms with Crippen LogP contribution in [0.4, 0.5) is 0 Å². The minimum atomic E-state index is 1.27. The molecule has 0 aliphatic heterocycles. The lowest BCUT2D eigenvalue weighted by Crippen LogP contribution is -1.80. The van der Waals surface area contributed by atoms with Crippen molar-refractivity contribution in [2.75, 3.05) is 0 Å². The molecule has 0 aliphatic rings. The van der Waals surface area contributed by atoms with Gasteiger partial charge in [0, 0.05) is 20.2 Å².